The zero-order valence-corrected chi connectivity index (χ0v) is 13.7. The molecule has 1 aliphatic rings. The van der Waals surface area contributed by atoms with E-state index in [1.54, 1.807) is 11.3 Å². The van der Waals surface area contributed by atoms with Crippen molar-refractivity contribution < 1.29 is 4.79 Å². The number of carbonyl (C=O) groups is 1. The van der Waals surface area contributed by atoms with Gasteiger partial charge in [0.15, 0.2) is 0 Å². The van der Waals surface area contributed by atoms with Crippen molar-refractivity contribution in [3.63, 3.8) is 0 Å². The molecule has 0 atom stereocenters. The second-order valence-electron chi connectivity index (χ2n) is 5.18. The molecule has 20 heavy (non-hydrogen) atoms. The summed E-state index contributed by atoms with van der Waals surface area (Å²) >= 11 is 5.26. The topological polar surface area (TPSA) is 20.3 Å². The Hall–Kier alpha value is -1.13. The molecule has 0 N–H and O–H groups in total. The van der Waals surface area contributed by atoms with Crippen LogP contribution in [0.1, 0.15) is 33.6 Å². The van der Waals surface area contributed by atoms with Crippen LogP contribution in [0.4, 0.5) is 0 Å². The van der Waals surface area contributed by atoms with E-state index >= 15 is 0 Å². The van der Waals surface area contributed by atoms with Crippen molar-refractivity contribution in [2.45, 2.75) is 32.4 Å². The fourth-order valence-electron chi connectivity index (χ4n) is 2.29. The molecule has 3 rings (SSSR count). The Morgan fingerprint density at radius 2 is 2.15 bits per heavy atom. The van der Waals surface area contributed by atoms with Crippen LogP contribution in [0.3, 0.4) is 0 Å². The van der Waals surface area contributed by atoms with Gasteiger partial charge in [0.05, 0.1) is 12.1 Å². The monoisotopic (exact) mass is 349 g/mol. The molecule has 1 saturated carbocycles. The molecule has 2 aromatic rings. The second kappa shape index (κ2) is 5.70. The van der Waals surface area contributed by atoms with Crippen LogP contribution >= 0.6 is 27.3 Å². The molecule has 1 aromatic carbocycles. The molecule has 104 valence electrons. The maximum Gasteiger partial charge on any atom is 0.255 e. The van der Waals surface area contributed by atoms with E-state index in [4.69, 9.17) is 0 Å². The first-order chi connectivity index (χ1) is 9.66. The lowest BCUT2D eigenvalue weighted by atomic mass is 10.1. The summed E-state index contributed by atoms with van der Waals surface area (Å²) in [5, 5.41) is 2.06. The molecule has 0 spiro atoms. The van der Waals surface area contributed by atoms with Crippen LogP contribution in [-0.2, 0) is 6.54 Å². The first kappa shape index (κ1) is 13.8. The second-order valence-corrected chi connectivity index (χ2v) is 7.01. The third-order valence-electron chi connectivity index (χ3n) is 3.58. The number of benzene rings is 1. The summed E-state index contributed by atoms with van der Waals surface area (Å²) in [6.45, 7) is 2.74. The molecular formula is C16H16BrNOS. The van der Waals surface area contributed by atoms with Crippen LogP contribution in [-0.4, -0.2) is 16.8 Å². The van der Waals surface area contributed by atoms with Crippen LogP contribution in [0, 0.1) is 6.92 Å². The lowest BCUT2D eigenvalue weighted by molar-refractivity contribution is 0.0730. The predicted molar refractivity (Wildman–Crippen MR) is 86.1 cm³/mol. The maximum absolute atomic E-state index is 12.8. The van der Waals surface area contributed by atoms with Gasteiger partial charge in [0, 0.05) is 15.4 Å². The Morgan fingerprint density at radius 1 is 1.35 bits per heavy atom. The first-order valence-electron chi connectivity index (χ1n) is 6.75. The van der Waals surface area contributed by atoms with Gasteiger partial charge in [0.2, 0.25) is 0 Å². The lowest BCUT2D eigenvalue weighted by Gasteiger charge is -2.22. The third kappa shape index (κ3) is 2.81. The molecule has 0 bridgehead atoms. The molecule has 1 heterocycles. The molecule has 2 nitrogen and oxygen atoms in total. The highest BCUT2D eigenvalue weighted by molar-refractivity contribution is 9.10. The van der Waals surface area contributed by atoms with Crippen molar-refractivity contribution in [2.24, 2.45) is 0 Å². The first-order valence-corrected chi connectivity index (χ1v) is 8.42. The minimum absolute atomic E-state index is 0.136. The van der Waals surface area contributed by atoms with Gasteiger partial charge in [-0.15, -0.1) is 11.3 Å². The van der Waals surface area contributed by atoms with Crippen molar-refractivity contribution in [1.29, 1.82) is 0 Å². The average Bonchev–Trinajstić information content (AvgIpc) is 3.15. The van der Waals surface area contributed by atoms with Crippen molar-refractivity contribution in [3.05, 3.63) is 56.2 Å². The number of carbonyl (C=O) groups excluding carboxylic acids is 1. The number of nitrogens with zero attached hydrogens (tertiary/aromatic N) is 1. The molecule has 1 aliphatic carbocycles. The van der Waals surface area contributed by atoms with E-state index in [1.165, 1.54) is 4.88 Å². The number of rotatable bonds is 4. The fourth-order valence-corrected chi connectivity index (χ4v) is 3.43. The van der Waals surface area contributed by atoms with Crippen molar-refractivity contribution in [3.8, 4) is 0 Å². The van der Waals surface area contributed by atoms with E-state index in [0.29, 0.717) is 6.04 Å². The molecule has 0 saturated heterocycles. The highest BCUT2D eigenvalue weighted by Crippen LogP contribution is 2.32. The summed E-state index contributed by atoms with van der Waals surface area (Å²) in [5.41, 5.74) is 1.87. The summed E-state index contributed by atoms with van der Waals surface area (Å²) < 4.78 is 0.918. The zero-order valence-electron chi connectivity index (χ0n) is 11.3. The quantitative estimate of drug-likeness (QED) is 0.788. The number of hydrogen-bond acceptors (Lipinski definition) is 2. The van der Waals surface area contributed by atoms with Crippen LogP contribution in [0.5, 0.6) is 0 Å². The number of hydrogen-bond donors (Lipinski definition) is 0. The van der Waals surface area contributed by atoms with E-state index in [1.807, 2.05) is 36.1 Å². The number of amides is 1. The Labute approximate surface area is 131 Å². The van der Waals surface area contributed by atoms with Gasteiger partial charge in [0.1, 0.15) is 0 Å². The van der Waals surface area contributed by atoms with Crippen LogP contribution < -0.4 is 0 Å². The van der Waals surface area contributed by atoms with Gasteiger partial charge in [-0.3, -0.25) is 4.79 Å². The Kier molecular flexibility index (Phi) is 3.94. The average molecular weight is 350 g/mol. The number of aryl methyl sites for hydroxylation is 1. The Balaban J connectivity index is 1.87. The van der Waals surface area contributed by atoms with E-state index in [9.17, 15) is 4.79 Å². The van der Waals surface area contributed by atoms with E-state index in [-0.39, 0.29) is 5.91 Å². The summed E-state index contributed by atoms with van der Waals surface area (Å²) in [6.07, 6.45) is 2.25. The van der Waals surface area contributed by atoms with Gasteiger partial charge in [0.25, 0.3) is 5.91 Å². The maximum atomic E-state index is 12.8. The van der Waals surface area contributed by atoms with E-state index < -0.39 is 0 Å². The van der Waals surface area contributed by atoms with Crippen LogP contribution in [0.2, 0.25) is 0 Å². The van der Waals surface area contributed by atoms with Crippen molar-refractivity contribution in [1.82, 2.24) is 4.90 Å². The number of halogens is 1. The zero-order chi connectivity index (χ0) is 14.1. The summed E-state index contributed by atoms with van der Waals surface area (Å²) in [4.78, 5) is 16.1. The molecule has 4 heteroatoms. The smallest absolute Gasteiger partial charge is 0.255 e. The minimum Gasteiger partial charge on any atom is -0.330 e. The summed E-state index contributed by atoms with van der Waals surface area (Å²) in [7, 11) is 0. The van der Waals surface area contributed by atoms with Crippen LogP contribution in [0.15, 0.2) is 40.2 Å². The largest absolute Gasteiger partial charge is 0.330 e. The standard InChI is InChI=1S/C16H16BrNOS/c1-11-4-2-6-14(15(11)17)16(19)18(12-7-8-12)10-13-5-3-9-20-13/h2-6,9,12H,7-8,10H2,1H3. The van der Waals surface area contributed by atoms with Crippen molar-refractivity contribution in [2.75, 3.05) is 0 Å². The summed E-state index contributed by atoms with van der Waals surface area (Å²) in [6, 6.07) is 10.4. The van der Waals surface area contributed by atoms with Gasteiger partial charge in [-0.2, -0.15) is 0 Å². The molecular weight excluding hydrogens is 334 g/mol. The minimum atomic E-state index is 0.136. The molecule has 1 amide bonds. The summed E-state index contributed by atoms with van der Waals surface area (Å²) in [5.74, 6) is 0.136. The van der Waals surface area contributed by atoms with Gasteiger partial charge in [-0.1, -0.05) is 18.2 Å². The lowest BCUT2D eigenvalue weighted by Crippen LogP contribution is -2.32. The van der Waals surface area contributed by atoms with Crippen LogP contribution in [0.25, 0.3) is 0 Å². The highest BCUT2D eigenvalue weighted by atomic mass is 79.9. The van der Waals surface area contributed by atoms with Gasteiger partial charge in [-0.05, 0) is 58.8 Å². The highest BCUT2D eigenvalue weighted by Gasteiger charge is 2.33. The third-order valence-corrected chi connectivity index (χ3v) is 5.49. The number of thiophene rings is 1. The molecule has 0 aliphatic heterocycles. The SMILES string of the molecule is Cc1cccc(C(=O)N(Cc2cccs2)C2CC2)c1Br. The molecule has 1 fully saturated rings. The molecule has 1 aromatic heterocycles. The fraction of sp³-hybridized carbons (Fsp3) is 0.312. The van der Waals surface area contributed by atoms with Crippen molar-refractivity contribution >= 4 is 33.2 Å². The van der Waals surface area contributed by atoms with Gasteiger partial charge < -0.3 is 4.90 Å². The molecule has 0 unspecified atom stereocenters. The predicted octanol–water partition coefficient (Wildman–Crippen LogP) is 4.62. The van der Waals surface area contributed by atoms with Gasteiger partial charge >= 0.3 is 0 Å². The van der Waals surface area contributed by atoms with E-state index in [2.05, 4.69) is 27.4 Å². The Bertz CT molecular complexity index is 619. The van der Waals surface area contributed by atoms with Gasteiger partial charge in [-0.25, -0.2) is 0 Å². The van der Waals surface area contributed by atoms with E-state index in [0.717, 1.165) is 35.0 Å². The Morgan fingerprint density at radius 3 is 2.80 bits per heavy atom. The normalized spacial score (nSPS) is 14.3. The molecule has 0 radical (unpaired) electrons.